The molecule has 0 radical (unpaired) electrons. The SMILES string of the molecule is Cc1cc(NC(=O)[C@@H]2CCCN2C(=O)CC(C)(C)C)ccn1. The molecule has 120 valence electrons. The Morgan fingerprint density at radius 2 is 2.14 bits per heavy atom. The lowest BCUT2D eigenvalue weighted by Crippen LogP contribution is -2.44. The maximum atomic E-state index is 12.5. The van der Waals surface area contributed by atoms with Crippen molar-refractivity contribution in [1.82, 2.24) is 9.88 Å². The summed E-state index contributed by atoms with van der Waals surface area (Å²) in [6.07, 6.45) is 3.74. The predicted octanol–water partition coefficient (Wildman–Crippen LogP) is 2.76. The van der Waals surface area contributed by atoms with Crippen molar-refractivity contribution >= 4 is 17.5 Å². The highest BCUT2D eigenvalue weighted by Gasteiger charge is 2.35. The number of aromatic nitrogens is 1. The second kappa shape index (κ2) is 6.46. The van der Waals surface area contributed by atoms with Gasteiger partial charge in [0.15, 0.2) is 0 Å². The van der Waals surface area contributed by atoms with Gasteiger partial charge in [0, 0.05) is 30.5 Å². The van der Waals surface area contributed by atoms with E-state index in [-0.39, 0.29) is 23.3 Å². The van der Waals surface area contributed by atoms with Crippen molar-refractivity contribution in [2.75, 3.05) is 11.9 Å². The molecule has 1 N–H and O–H groups in total. The van der Waals surface area contributed by atoms with Gasteiger partial charge in [-0.1, -0.05) is 20.8 Å². The summed E-state index contributed by atoms with van der Waals surface area (Å²) in [6.45, 7) is 8.66. The van der Waals surface area contributed by atoms with E-state index in [2.05, 4.69) is 10.3 Å². The zero-order valence-corrected chi connectivity index (χ0v) is 13.8. The van der Waals surface area contributed by atoms with Crippen LogP contribution in [0.5, 0.6) is 0 Å². The number of aryl methyl sites for hydroxylation is 1. The Morgan fingerprint density at radius 1 is 1.41 bits per heavy atom. The molecular weight excluding hydrogens is 278 g/mol. The summed E-state index contributed by atoms with van der Waals surface area (Å²) in [5.74, 6) is -0.0404. The highest BCUT2D eigenvalue weighted by molar-refractivity contribution is 5.97. The number of nitrogens with one attached hydrogen (secondary N) is 1. The van der Waals surface area contributed by atoms with Crippen LogP contribution in [0.25, 0.3) is 0 Å². The molecule has 22 heavy (non-hydrogen) atoms. The summed E-state index contributed by atoms with van der Waals surface area (Å²) >= 11 is 0. The Hall–Kier alpha value is -1.91. The van der Waals surface area contributed by atoms with E-state index in [0.29, 0.717) is 13.0 Å². The number of rotatable bonds is 3. The average molecular weight is 303 g/mol. The van der Waals surface area contributed by atoms with E-state index in [0.717, 1.165) is 24.2 Å². The maximum absolute atomic E-state index is 12.5. The van der Waals surface area contributed by atoms with Gasteiger partial charge < -0.3 is 10.2 Å². The molecule has 1 atom stereocenters. The lowest BCUT2D eigenvalue weighted by Gasteiger charge is -2.27. The fourth-order valence-electron chi connectivity index (χ4n) is 2.74. The van der Waals surface area contributed by atoms with Gasteiger partial charge >= 0.3 is 0 Å². The summed E-state index contributed by atoms with van der Waals surface area (Å²) in [4.78, 5) is 30.7. The van der Waals surface area contributed by atoms with Crippen molar-refractivity contribution in [3.8, 4) is 0 Å². The quantitative estimate of drug-likeness (QED) is 0.934. The second-order valence-electron chi connectivity index (χ2n) is 7.16. The molecule has 0 aromatic carbocycles. The van der Waals surface area contributed by atoms with Gasteiger partial charge in [-0.2, -0.15) is 0 Å². The van der Waals surface area contributed by atoms with Gasteiger partial charge in [0.25, 0.3) is 0 Å². The molecule has 0 saturated carbocycles. The number of carbonyl (C=O) groups is 2. The molecule has 1 aromatic rings. The standard InChI is InChI=1S/C17H25N3O2/c1-12-10-13(7-8-18-12)19-16(22)14-6-5-9-20(14)15(21)11-17(2,3)4/h7-8,10,14H,5-6,9,11H2,1-4H3,(H,18,19,22)/t14-/m0/s1. The Labute approximate surface area is 132 Å². The minimum Gasteiger partial charge on any atom is -0.331 e. The molecule has 1 aliphatic rings. The molecule has 2 amide bonds. The zero-order chi connectivity index (χ0) is 16.3. The molecule has 1 saturated heterocycles. The van der Waals surface area contributed by atoms with Gasteiger partial charge in [-0.15, -0.1) is 0 Å². The first kappa shape index (κ1) is 16.5. The molecule has 5 nitrogen and oxygen atoms in total. The van der Waals surface area contributed by atoms with Crippen LogP contribution in [0, 0.1) is 12.3 Å². The number of amides is 2. The van der Waals surface area contributed by atoms with Crippen LogP contribution in [-0.4, -0.2) is 34.3 Å². The largest absolute Gasteiger partial charge is 0.331 e. The molecule has 0 unspecified atom stereocenters. The van der Waals surface area contributed by atoms with Crippen LogP contribution >= 0.6 is 0 Å². The first-order valence-electron chi connectivity index (χ1n) is 7.79. The second-order valence-corrected chi connectivity index (χ2v) is 7.16. The number of likely N-dealkylation sites (tertiary alicyclic amines) is 1. The molecule has 1 fully saturated rings. The predicted molar refractivity (Wildman–Crippen MR) is 86.4 cm³/mol. The third kappa shape index (κ3) is 4.29. The van der Waals surface area contributed by atoms with E-state index in [1.54, 1.807) is 17.2 Å². The zero-order valence-electron chi connectivity index (χ0n) is 13.8. The van der Waals surface area contributed by atoms with E-state index < -0.39 is 0 Å². The number of carbonyl (C=O) groups excluding carboxylic acids is 2. The fraction of sp³-hybridized carbons (Fsp3) is 0.588. The highest BCUT2D eigenvalue weighted by Crippen LogP contribution is 2.25. The Bertz CT molecular complexity index is 563. The monoisotopic (exact) mass is 303 g/mol. The number of anilines is 1. The molecule has 0 spiro atoms. The highest BCUT2D eigenvalue weighted by atomic mass is 16.2. The maximum Gasteiger partial charge on any atom is 0.247 e. The summed E-state index contributed by atoms with van der Waals surface area (Å²) in [7, 11) is 0. The van der Waals surface area contributed by atoms with E-state index in [1.807, 2.05) is 33.8 Å². The third-order valence-electron chi connectivity index (χ3n) is 3.72. The summed E-state index contributed by atoms with van der Waals surface area (Å²) < 4.78 is 0. The minimum absolute atomic E-state index is 0.0658. The van der Waals surface area contributed by atoms with Crippen LogP contribution in [0.3, 0.4) is 0 Å². The Kier molecular flexibility index (Phi) is 4.84. The molecule has 2 heterocycles. The van der Waals surface area contributed by atoms with Crippen molar-refractivity contribution in [1.29, 1.82) is 0 Å². The third-order valence-corrected chi connectivity index (χ3v) is 3.72. The Balaban J connectivity index is 2.03. The molecule has 1 aromatic heterocycles. The van der Waals surface area contributed by atoms with E-state index >= 15 is 0 Å². The number of hydrogen-bond acceptors (Lipinski definition) is 3. The molecule has 0 aliphatic carbocycles. The van der Waals surface area contributed by atoms with Crippen molar-refractivity contribution < 1.29 is 9.59 Å². The number of nitrogens with zero attached hydrogens (tertiary/aromatic N) is 2. The van der Waals surface area contributed by atoms with Crippen LogP contribution in [0.1, 0.15) is 45.7 Å². The van der Waals surface area contributed by atoms with Gasteiger partial charge in [-0.25, -0.2) is 0 Å². The van der Waals surface area contributed by atoms with Gasteiger partial charge in [0.05, 0.1) is 0 Å². The van der Waals surface area contributed by atoms with E-state index in [9.17, 15) is 9.59 Å². The van der Waals surface area contributed by atoms with Gasteiger partial charge in [0.2, 0.25) is 11.8 Å². The van der Waals surface area contributed by atoms with Crippen molar-refractivity contribution in [3.05, 3.63) is 24.0 Å². The molecule has 0 bridgehead atoms. The van der Waals surface area contributed by atoms with Gasteiger partial charge in [-0.05, 0) is 37.3 Å². The first-order chi connectivity index (χ1) is 10.3. The summed E-state index contributed by atoms with van der Waals surface area (Å²) in [5, 5.41) is 2.90. The van der Waals surface area contributed by atoms with Crippen molar-refractivity contribution in [2.24, 2.45) is 5.41 Å². The summed E-state index contributed by atoms with van der Waals surface area (Å²) in [5.41, 5.74) is 1.51. The number of hydrogen-bond donors (Lipinski definition) is 1. The van der Waals surface area contributed by atoms with Crippen LogP contribution in [-0.2, 0) is 9.59 Å². The fourth-order valence-corrected chi connectivity index (χ4v) is 2.74. The van der Waals surface area contributed by atoms with Crippen LogP contribution in [0.15, 0.2) is 18.3 Å². The smallest absolute Gasteiger partial charge is 0.247 e. The lowest BCUT2D eigenvalue weighted by molar-refractivity contribution is -0.138. The Morgan fingerprint density at radius 3 is 2.77 bits per heavy atom. The van der Waals surface area contributed by atoms with E-state index in [4.69, 9.17) is 0 Å². The number of pyridine rings is 1. The van der Waals surface area contributed by atoms with Crippen molar-refractivity contribution in [2.45, 2.75) is 53.0 Å². The van der Waals surface area contributed by atoms with Crippen LogP contribution < -0.4 is 5.32 Å². The average Bonchev–Trinajstić information content (AvgIpc) is 2.85. The van der Waals surface area contributed by atoms with Crippen molar-refractivity contribution in [3.63, 3.8) is 0 Å². The first-order valence-corrected chi connectivity index (χ1v) is 7.79. The normalized spacial score (nSPS) is 18.4. The van der Waals surface area contributed by atoms with Gasteiger partial charge in [0.1, 0.15) is 6.04 Å². The minimum atomic E-state index is -0.358. The van der Waals surface area contributed by atoms with Crippen LogP contribution in [0.2, 0.25) is 0 Å². The molecule has 2 rings (SSSR count). The summed E-state index contributed by atoms with van der Waals surface area (Å²) in [6, 6.07) is 3.23. The molecule has 5 heteroatoms. The topological polar surface area (TPSA) is 62.3 Å². The molecule has 1 aliphatic heterocycles. The van der Waals surface area contributed by atoms with Crippen LogP contribution in [0.4, 0.5) is 5.69 Å². The lowest BCUT2D eigenvalue weighted by atomic mass is 9.91. The molecular formula is C17H25N3O2. The van der Waals surface area contributed by atoms with Gasteiger partial charge in [-0.3, -0.25) is 14.6 Å². The van der Waals surface area contributed by atoms with E-state index in [1.165, 1.54) is 0 Å².